The molecule has 1 rings (SSSR count). The van der Waals surface area contributed by atoms with Crippen molar-refractivity contribution in [1.82, 2.24) is 0 Å². The second-order valence-electron chi connectivity index (χ2n) is 3.63. The van der Waals surface area contributed by atoms with Crippen LogP contribution >= 0.6 is 0 Å². The predicted octanol–water partition coefficient (Wildman–Crippen LogP) is 2.13. The summed E-state index contributed by atoms with van der Waals surface area (Å²) < 4.78 is 0. The first kappa shape index (κ1) is 10.8. The van der Waals surface area contributed by atoms with Gasteiger partial charge in [-0.15, -0.1) is 0 Å². The average Bonchev–Trinajstić information content (AvgIpc) is 2.17. The number of amides is 1. The molecule has 14 heavy (non-hydrogen) atoms. The lowest BCUT2D eigenvalue weighted by Crippen LogP contribution is -2.17. The first-order valence-corrected chi connectivity index (χ1v) is 5.04. The molecule has 1 amide bonds. The minimum atomic E-state index is -0.201. The maximum atomic E-state index is 10.8. The van der Waals surface area contributed by atoms with Gasteiger partial charge in [-0.05, 0) is 17.9 Å². The highest BCUT2D eigenvalue weighted by Crippen LogP contribution is 2.15. The highest BCUT2D eigenvalue weighted by atomic mass is 16.1. The molecule has 0 heterocycles. The molecule has 0 aliphatic carbocycles. The van der Waals surface area contributed by atoms with E-state index >= 15 is 0 Å². The van der Waals surface area contributed by atoms with Crippen LogP contribution in [0.5, 0.6) is 0 Å². The van der Waals surface area contributed by atoms with Crippen molar-refractivity contribution in [2.45, 2.75) is 26.2 Å². The number of hydrogen-bond donors (Lipinski definition) is 1. The smallest absolute Gasteiger partial charge is 0.217 e. The monoisotopic (exact) mass is 191 g/mol. The molecule has 76 valence electrons. The summed E-state index contributed by atoms with van der Waals surface area (Å²) in [6.07, 6.45) is 2.43. The Balaban J connectivity index is 2.53. The number of nitrogens with two attached hydrogens (primary N) is 1. The summed E-state index contributed by atoms with van der Waals surface area (Å²) in [7, 11) is 0. The Morgan fingerprint density at radius 3 is 2.50 bits per heavy atom. The van der Waals surface area contributed by atoms with Gasteiger partial charge < -0.3 is 5.73 Å². The van der Waals surface area contributed by atoms with E-state index in [1.54, 1.807) is 0 Å². The van der Waals surface area contributed by atoms with Crippen LogP contribution in [0.2, 0.25) is 0 Å². The Hall–Kier alpha value is -1.31. The zero-order valence-corrected chi connectivity index (χ0v) is 8.57. The summed E-state index contributed by atoms with van der Waals surface area (Å²) >= 11 is 0. The SMILES string of the molecule is CCC(CC(N)=O)Cc1ccccc1. The molecule has 0 radical (unpaired) electrons. The molecule has 0 saturated heterocycles. The maximum Gasteiger partial charge on any atom is 0.217 e. The molecule has 2 heteroatoms. The van der Waals surface area contributed by atoms with Crippen LogP contribution in [0.15, 0.2) is 30.3 Å². The van der Waals surface area contributed by atoms with Crippen molar-refractivity contribution >= 4 is 5.91 Å². The van der Waals surface area contributed by atoms with Crippen molar-refractivity contribution in [1.29, 1.82) is 0 Å². The van der Waals surface area contributed by atoms with Crippen molar-refractivity contribution in [2.75, 3.05) is 0 Å². The van der Waals surface area contributed by atoms with E-state index in [2.05, 4.69) is 19.1 Å². The zero-order chi connectivity index (χ0) is 10.4. The Bertz CT molecular complexity index is 282. The summed E-state index contributed by atoms with van der Waals surface area (Å²) in [5.74, 6) is 0.183. The van der Waals surface area contributed by atoms with Crippen molar-refractivity contribution in [3.05, 3.63) is 35.9 Å². The fourth-order valence-electron chi connectivity index (χ4n) is 1.59. The number of hydrogen-bond acceptors (Lipinski definition) is 1. The molecule has 0 spiro atoms. The minimum Gasteiger partial charge on any atom is -0.370 e. The van der Waals surface area contributed by atoms with E-state index in [0.717, 1.165) is 12.8 Å². The first-order valence-electron chi connectivity index (χ1n) is 5.04. The van der Waals surface area contributed by atoms with Crippen LogP contribution in [-0.2, 0) is 11.2 Å². The number of primary amides is 1. The summed E-state index contributed by atoms with van der Waals surface area (Å²) in [5.41, 5.74) is 6.46. The van der Waals surface area contributed by atoms with Gasteiger partial charge in [0.15, 0.2) is 0 Å². The van der Waals surface area contributed by atoms with Crippen LogP contribution in [0.1, 0.15) is 25.3 Å². The number of carbonyl (C=O) groups is 1. The van der Waals surface area contributed by atoms with Crippen molar-refractivity contribution in [3.8, 4) is 0 Å². The van der Waals surface area contributed by atoms with E-state index < -0.39 is 0 Å². The topological polar surface area (TPSA) is 43.1 Å². The van der Waals surface area contributed by atoms with E-state index in [4.69, 9.17) is 5.73 Å². The van der Waals surface area contributed by atoms with Crippen LogP contribution in [0.4, 0.5) is 0 Å². The molecule has 1 unspecified atom stereocenters. The van der Waals surface area contributed by atoms with Gasteiger partial charge in [0.1, 0.15) is 0 Å². The summed E-state index contributed by atoms with van der Waals surface area (Å²) in [6.45, 7) is 2.09. The van der Waals surface area contributed by atoms with E-state index in [1.807, 2.05) is 18.2 Å². The van der Waals surface area contributed by atoms with Gasteiger partial charge in [0.25, 0.3) is 0 Å². The van der Waals surface area contributed by atoms with Gasteiger partial charge >= 0.3 is 0 Å². The summed E-state index contributed by atoms with van der Waals surface area (Å²) in [6, 6.07) is 10.2. The predicted molar refractivity (Wildman–Crippen MR) is 57.7 cm³/mol. The second-order valence-corrected chi connectivity index (χ2v) is 3.63. The molecule has 1 aromatic rings. The fourth-order valence-corrected chi connectivity index (χ4v) is 1.59. The number of carbonyl (C=O) groups excluding carboxylic acids is 1. The van der Waals surface area contributed by atoms with Gasteiger partial charge in [0, 0.05) is 6.42 Å². The lowest BCUT2D eigenvalue weighted by atomic mass is 9.94. The average molecular weight is 191 g/mol. The van der Waals surface area contributed by atoms with Gasteiger partial charge in [-0.1, -0.05) is 43.7 Å². The molecule has 1 atom stereocenters. The highest BCUT2D eigenvalue weighted by molar-refractivity contribution is 5.74. The molecule has 2 N–H and O–H groups in total. The highest BCUT2D eigenvalue weighted by Gasteiger charge is 2.09. The molecule has 0 fully saturated rings. The molecular weight excluding hydrogens is 174 g/mol. The van der Waals surface area contributed by atoms with Crippen molar-refractivity contribution in [2.24, 2.45) is 11.7 Å². The fraction of sp³-hybridized carbons (Fsp3) is 0.417. The Morgan fingerprint density at radius 2 is 2.00 bits per heavy atom. The Kier molecular flexibility index (Phi) is 4.17. The summed E-state index contributed by atoms with van der Waals surface area (Å²) in [4.78, 5) is 10.8. The van der Waals surface area contributed by atoms with E-state index in [1.165, 1.54) is 5.56 Å². The van der Waals surface area contributed by atoms with Crippen LogP contribution < -0.4 is 5.73 Å². The largest absolute Gasteiger partial charge is 0.370 e. The minimum absolute atomic E-state index is 0.201. The number of benzene rings is 1. The van der Waals surface area contributed by atoms with E-state index in [0.29, 0.717) is 12.3 Å². The van der Waals surface area contributed by atoms with E-state index in [-0.39, 0.29) is 5.91 Å². The standard InChI is InChI=1S/C12H17NO/c1-2-10(9-12(13)14)8-11-6-4-3-5-7-11/h3-7,10H,2,8-9H2,1H3,(H2,13,14). The Morgan fingerprint density at radius 1 is 1.36 bits per heavy atom. The second kappa shape index (κ2) is 5.43. The molecule has 0 aliphatic heterocycles. The first-order chi connectivity index (χ1) is 6.72. The van der Waals surface area contributed by atoms with Crippen LogP contribution in [0, 0.1) is 5.92 Å². The molecule has 0 bridgehead atoms. The van der Waals surface area contributed by atoms with Gasteiger partial charge in [-0.2, -0.15) is 0 Å². The number of rotatable bonds is 5. The third-order valence-corrected chi connectivity index (χ3v) is 2.43. The maximum absolute atomic E-state index is 10.8. The molecule has 1 aromatic carbocycles. The zero-order valence-electron chi connectivity index (χ0n) is 8.57. The molecular formula is C12H17NO. The Labute approximate surface area is 85.1 Å². The quantitative estimate of drug-likeness (QED) is 0.761. The van der Waals surface area contributed by atoms with Crippen molar-refractivity contribution < 1.29 is 4.79 Å². The normalized spacial score (nSPS) is 12.4. The van der Waals surface area contributed by atoms with Crippen LogP contribution in [-0.4, -0.2) is 5.91 Å². The molecule has 0 saturated carbocycles. The van der Waals surface area contributed by atoms with Gasteiger partial charge in [-0.3, -0.25) is 4.79 Å². The van der Waals surface area contributed by atoms with Crippen molar-refractivity contribution in [3.63, 3.8) is 0 Å². The van der Waals surface area contributed by atoms with Crippen LogP contribution in [0.25, 0.3) is 0 Å². The molecule has 0 aliphatic rings. The van der Waals surface area contributed by atoms with Gasteiger partial charge in [0.2, 0.25) is 5.91 Å². The third kappa shape index (κ3) is 3.60. The van der Waals surface area contributed by atoms with Gasteiger partial charge in [0.05, 0.1) is 0 Å². The molecule has 0 aromatic heterocycles. The lowest BCUT2D eigenvalue weighted by molar-refractivity contribution is -0.118. The molecule has 2 nitrogen and oxygen atoms in total. The van der Waals surface area contributed by atoms with E-state index in [9.17, 15) is 4.79 Å². The summed E-state index contributed by atoms with van der Waals surface area (Å²) in [5, 5.41) is 0. The van der Waals surface area contributed by atoms with Crippen LogP contribution in [0.3, 0.4) is 0 Å². The third-order valence-electron chi connectivity index (χ3n) is 2.43. The van der Waals surface area contributed by atoms with Gasteiger partial charge in [-0.25, -0.2) is 0 Å². The lowest BCUT2D eigenvalue weighted by Gasteiger charge is -2.12.